The van der Waals surface area contributed by atoms with Crippen molar-refractivity contribution in [1.29, 1.82) is 0 Å². The van der Waals surface area contributed by atoms with Crippen LogP contribution in [0.25, 0.3) is 0 Å². The summed E-state index contributed by atoms with van der Waals surface area (Å²) in [5.41, 5.74) is 5.15. The first-order valence-electron chi connectivity index (χ1n) is 6.64. The number of fused-ring (bicyclic) bond motifs is 1. The fraction of sp³-hybridized carbons (Fsp3) is 0.400. The van der Waals surface area contributed by atoms with Crippen LogP contribution in [0.5, 0.6) is 0 Å². The maximum atomic E-state index is 6.04. The highest BCUT2D eigenvalue weighted by atomic mass is 35.5. The van der Waals surface area contributed by atoms with Gasteiger partial charge in [0.1, 0.15) is 0 Å². The average Bonchev–Trinajstić information content (AvgIpc) is 2.89. The van der Waals surface area contributed by atoms with Gasteiger partial charge in [-0.1, -0.05) is 17.7 Å². The first-order valence-corrected chi connectivity index (χ1v) is 7.02. The Kier molecular flexibility index (Phi) is 3.33. The van der Waals surface area contributed by atoms with E-state index in [9.17, 15) is 0 Å². The van der Waals surface area contributed by atoms with Crippen molar-refractivity contribution >= 4 is 11.6 Å². The highest BCUT2D eigenvalue weighted by molar-refractivity contribution is 6.30. The van der Waals surface area contributed by atoms with E-state index in [-0.39, 0.29) is 0 Å². The van der Waals surface area contributed by atoms with E-state index in [1.54, 1.807) is 0 Å². The van der Waals surface area contributed by atoms with Crippen LogP contribution in [0.2, 0.25) is 5.02 Å². The predicted molar refractivity (Wildman–Crippen MR) is 77.3 cm³/mol. The summed E-state index contributed by atoms with van der Waals surface area (Å²) in [6.45, 7) is 2.92. The Morgan fingerprint density at radius 3 is 3.05 bits per heavy atom. The Bertz CT molecular complexity index is 603. The van der Waals surface area contributed by atoms with Crippen molar-refractivity contribution in [2.75, 3.05) is 0 Å². The number of rotatable bonds is 3. The van der Waals surface area contributed by atoms with E-state index in [4.69, 9.17) is 11.6 Å². The molecule has 1 aromatic heterocycles. The van der Waals surface area contributed by atoms with Gasteiger partial charge in [0.15, 0.2) is 0 Å². The van der Waals surface area contributed by atoms with E-state index < -0.39 is 0 Å². The van der Waals surface area contributed by atoms with E-state index in [2.05, 4.69) is 35.7 Å². The Morgan fingerprint density at radius 1 is 1.47 bits per heavy atom. The molecule has 1 aliphatic rings. The topological polar surface area (TPSA) is 29.9 Å². The molecule has 1 atom stereocenters. The van der Waals surface area contributed by atoms with Crippen LogP contribution in [-0.4, -0.2) is 9.78 Å². The van der Waals surface area contributed by atoms with Gasteiger partial charge in [-0.2, -0.15) is 5.10 Å². The van der Waals surface area contributed by atoms with Gasteiger partial charge in [0.25, 0.3) is 0 Å². The van der Waals surface area contributed by atoms with Crippen LogP contribution in [0, 0.1) is 6.92 Å². The Balaban J connectivity index is 1.71. The Morgan fingerprint density at radius 2 is 2.32 bits per heavy atom. The number of aromatic nitrogens is 2. The fourth-order valence-electron chi connectivity index (χ4n) is 2.85. The van der Waals surface area contributed by atoms with Crippen LogP contribution in [0.1, 0.15) is 34.8 Å². The van der Waals surface area contributed by atoms with Gasteiger partial charge in [0.05, 0.1) is 5.69 Å². The summed E-state index contributed by atoms with van der Waals surface area (Å²) in [6.07, 6.45) is 4.34. The molecule has 19 heavy (non-hydrogen) atoms. The maximum absolute atomic E-state index is 6.04. The molecule has 3 nitrogen and oxygen atoms in total. The van der Waals surface area contributed by atoms with E-state index in [1.807, 2.05) is 17.8 Å². The zero-order chi connectivity index (χ0) is 13.4. The van der Waals surface area contributed by atoms with Gasteiger partial charge >= 0.3 is 0 Å². The van der Waals surface area contributed by atoms with Gasteiger partial charge in [-0.15, -0.1) is 0 Å². The highest BCUT2D eigenvalue weighted by Crippen LogP contribution is 2.33. The molecule has 2 aromatic rings. The zero-order valence-electron chi connectivity index (χ0n) is 11.3. The third-order valence-electron chi connectivity index (χ3n) is 3.84. The SMILES string of the molecule is Cc1nn(C)cc1CNC1CCc2cc(Cl)ccc21. The quantitative estimate of drug-likeness (QED) is 0.933. The summed E-state index contributed by atoms with van der Waals surface area (Å²) < 4.78 is 1.87. The first kappa shape index (κ1) is 12.7. The van der Waals surface area contributed by atoms with Crippen molar-refractivity contribution in [1.82, 2.24) is 15.1 Å². The Labute approximate surface area is 118 Å². The van der Waals surface area contributed by atoms with Crippen LogP contribution in [-0.2, 0) is 20.0 Å². The monoisotopic (exact) mass is 275 g/mol. The minimum Gasteiger partial charge on any atom is -0.306 e. The molecular formula is C15H18ClN3. The van der Waals surface area contributed by atoms with Crippen LogP contribution in [0.3, 0.4) is 0 Å². The van der Waals surface area contributed by atoms with Crippen molar-refractivity contribution < 1.29 is 0 Å². The smallest absolute Gasteiger partial charge is 0.0638 e. The number of hydrogen-bond acceptors (Lipinski definition) is 2. The molecular weight excluding hydrogens is 258 g/mol. The minimum absolute atomic E-state index is 0.437. The summed E-state index contributed by atoms with van der Waals surface area (Å²) in [5.74, 6) is 0. The molecule has 0 spiro atoms. The lowest BCUT2D eigenvalue weighted by Crippen LogP contribution is -2.18. The van der Waals surface area contributed by atoms with Gasteiger partial charge in [-0.3, -0.25) is 4.68 Å². The molecule has 1 aliphatic carbocycles. The highest BCUT2D eigenvalue weighted by Gasteiger charge is 2.22. The molecule has 0 aliphatic heterocycles. The van der Waals surface area contributed by atoms with E-state index >= 15 is 0 Å². The molecule has 0 saturated heterocycles. The molecule has 0 amide bonds. The van der Waals surface area contributed by atoms with Crippen LogP contribution in [0.4, 0.5) is 0 Å². The van der Waals surface area contributed by atoms with Crippen molar-refractivity contribution in [3.63, 3.8) is 0 Å². The predicted octanol–water partition coefficient (Wildman–Crippen LogP) is 3.16. The second kappa shape index (κ2) is 4.99. The lowest BCUT2D eigenvalue weighted by Gasteiger charge is -2.13. The second-order valence-corrected chi connectivity index (χ2v) is 5.67. The van der Waals surface area contributed by atoms with E-state index in [1.165, 1.54) is 16.7 Å². The molecule has 0 bridgehead atoms. The van der Waals surface area contributed by atoms with Crippen LogP contribution >= 0.6 is 11.6 Å². The molecule has 0 fully saturated rings. The third-order valence-corrected chi connectivity index (χ3v) is 4.07. The van der Waals surface area contributed by atoms with Gasteiger partial charge < -0.3 is 5.32 Å². The lowest BCUT2D eigenvalue weighted by molar-refractivity contribution is 0.529. The number of hydrogen-bond donors (Lipinski definition) is 1. The first-order chi connectivity index (χ1) is 9.13. The molecule has 1 aromatic carbocycles. The molecule has 3 rings (SSSR count). The zero-order valence-corrected chi connectivity index (χ0v) is 12.0. The van der Waals surface area contributed by atoms with Crippen molar-refractivity contribution in [3.8, 4) is 0 Å². The fourth-order valence-corrected chi connectivity index (χ4v) is 3.05. The second-order valence-electron chi connectivity index (χ2n) is 5.23. The summed E-state index contributed by atoms with van der Waals surface area (Å²) in [4.78, 5) is 0. The molecule has 0 saturated carbocycles. The molecule has 100 valence electrons. The van der Waals surface area contributed by atoms with E-state index in [0.717, 1.165) is 30.1 Å². The summed E-state index contributed by atoms with van der Waals surface area (Å²) in [5, 5.41) is 8.84. The molecule has 4 heteroatoms. The normalized spacial score (nSPS) is 17.7. The minimum atomic E-state index is 0.437. The van der Waals surface area contributed by atoms with Gasteiger partial charge in [-0.25, -0.2) is 0 Å². The van der Waals surface area contributed by atoms with Crippen molar-refractivity contribution in [2.45, 2.75) is 32.4 Å². The maximum Gasteiger partial charge on any atom is 0.0638 e. The average molecular weight is 276 g/mol. The molecule has 1 N–H and O–H groups in total. The van der Waals surface area contributed by atoms with Gasteiger partial charge in [-0.05, 0) is 43.0 Å². The van der Waals surface area contributed by atoms with Crippen molar-refractivity contribution in [2.24, 2.45) is 7.05 Å². The summed E-state index contributed by atoms with van der Waals surface area (Å²) >= 11 is 6.04. The molecule has 1 unspecified atom stereocenters. The van der Waals surface area contributed by atoms with E-state index in [0.29, 0.717) is 6.04 Å². The molecule has 0 radical (unpaired) electrons. The summed E-state index contributed by atoms with van der Waals surface area (Å²) in [6, 6.07) is 6.66. The Hall–Kier alpha value is -1.32. The standard InChI is InChI=1S/C15H18ClN3/c1-10-12(9-19(2)18-10)8-17-15-6-3-11-7-13(16)4-5-14(11)15/h4-5,7,9,15,17H,3,6,8H2,1-2H3. The largest absolute Gasteiger partial charge is 0.306 e. The van der Waals surface area contributed by atoms with Crippen LogP contribution in [0.15, 0.2) is 24.4 Å². The van der Waals surface area contributed by atoms with Crippen molar-refractivity contribution in [3.05, 3.63) is 51.8 Å². The number of aryl methyl sites for hydroxylation is 3. The summed E-state index contributed by atoms with van der Waals surface area (Å²) in [7, 11) is 1.96. The number of benzene rings is 1. The molecule has 1 heterocycles. The third kappa shape index (κ3) is 2.53. The number of halogens is 1. The number of nitrogens with one attached hydrogen (secondary N) is 1. The number of nitrogens with zero attached hydrogens (tertiary/aromatic N) is 2. The van der Waals surface area contributed by atoms with Gasteiger partial charge in [0, 0.05) is 36.4 Å². The van der Waals surface area contributed by atoms with Crippen LogP contribution < -0.4 is 5.32 Å². The lowest BCUT2D eigenvalue weighted by atomic mass is 10.1. The van der Waals surface area contributed by atoms with Gasteiger partial charge in [0.2, 0.25) is 0 Å².